The van der Waals surface area contributed by atoms with Gasteiger partial charge in [0.1, 0.15) is 0 Å². The molecule has 4 heteroatoms. The van der Waals surface area contributed by atoms with Crippen LogP contribution in [0, 0.1) is 22.7 Å². The molecule has 0 aliphatic heterocycles. The van der Waals surface area contributed by atoms with Crippen LogP contribution < -0.4 is 0 Å². The Morgan fingerprint density at radius 1 is 1.30 bits per heavy atom. The van der Waals surface area contributed by atoms with Crippen molar-refractivity contribution in [2.75, 3.05) is 0 Å². The van der Waals surface area contributed by atoms with Crippen LogP contribution in [0.4, 0.5) is 0 Å². The van der Waals surface area contributed by atoms with Crippen LogP contribution in [0.15, 0.2) is 9.85 Å². The van der Waals surface area contributed by atoms with Crippen LogP contribution >= 0.6 is 54.8 Å². The molecule has 0 nitrogen and oxygen atoms in total. The maximum absolute atomic E-state index is 6.25. The first kappa shape index (κ1) is 14.5. The minimum Gasteiger partial charge on any atom is -0.130 e. The number of hydrogen-bond donors (Lipinski definition) is 0. The largest absolute Gasteiger partial charge is 0.130 e. The highest BCUT2D eigenvalue weighted by atomic mass is 79.9. The fraction of sp³-hybridized carbons (Fsp3) is 0.750. The lowest BCUT2D eigenvalue weighted by Gasteiger charge is -2.62. The first-order valence-corrected chi connectivity index (χ1v) is 10.4. The highest BCUT2D eigenvalue weighted by Crippen LogP contribution is 2.70. The van der Waals surface area contributed by atoms with E-state index in [2.05, 4.69) is 44.8 Å². The Balaban J connectivity index is 1.70. The van der Waals surface area contributed by atoms with Crippen molar-refractivity contribution in [3.8, 4) is 0 Å². The summed E-state index contributed by atoms with van der Waals surface area (Å²) in [7, 11) is 0. The molecule has 4 fully saturated rings. The number of hydrogen-bond acceptors (Lipinski definition) is 1. The Bertz CT molecular complexity index is 519. The molecule has 0 radical (unpaired) electrons. The molecule has 0 amide bonds. The summed E-state index contributed by atoms with van der Waals surface area (Å²) >= 11 is 15.7. The Morgan fingerprint density at radius 3 is 2.45 bits per heavy atom. The van der Waals surface area contributed by atoms with Gasteiger partial charge in [-0.25, -0.2) is 0 Å². The van der Waals surface area contributed by atoms with Crippen molar-refractivity contribution in [1.82, 2.24) is 0 Å². The Hall–Kier alpha value is 0.950. The molecule has 4 saturated carbocycles. The molecule has 4 aliphatic carbocycles. The smallest absolute Gasteiger partial charge is 0.0887 e. The summed E-state index contributed by atoms with van der Waals surface area (Å²) in [5, 5.41) is 0.866. The van der Waals surface area contributed by atoms with Crippen molar-refractivity contribution >= 4 is 54.8 Å². The second-order valence-electron chi connectivity index (χ2n) is 7.77. The molecule has 4 aliphatic rings. The predicted molar refractivity (Wildman–Crippen MR) is 93.9 cm³/mol. The lowest BCUT2D eigenvalue weighted by Crippen LogP contribution is -2.52. The van der Waals surface area contributed by atoms with Gasteiger partial charge < -0.3 is 0 Å². The van der Waals surface area contributed by atoms with E-state index in [4.69, 9.17) is 11.6 Å². The third-order valence-corrected chi connectivity index (χ3v) is 10.2. The number of alkyl halides is 1. The summed E-state index contributed by atoms with van der Waals surface area (Å²) in [4.78, 5) is 1.89. The van der Waals surface area contributed by atoms with E-state index in [0.29, 0.717) is 15.7 Å². The maximum Gasteiger partial charge on any atom is 0.0887 e. The van der Waals surface area contributed by atoms with Crippen LogP contribution in [0.3, 0.4) is 0 Å². The van der Waals surface area contributed by atoms with Gasteiger partial charge in [0.2, 0.25) is 0 Å². The van der Waals surface area contributed by atoms with Gasteiger partial charge in [-0.3, -0.25) is 0 Å². The Morgan fingerprint density at radius 2 is 1.95 bits per heavy atom. The summed E-state index contributed by atoms with van der Waals surface area (Å²) < 4.78 is 1.08. The van der Waals surface area contributed by atoms with E-state index in [9.17, 15) is 0 Å². The molecular weight excluding hydrogens is 420 g/mol. The topological polar surface area (TPSA) is 0 Å². The van der Waals surface area contributed by atoms with Gasteiger partial charge >= 0.3 is 0 Å². The third kappa shape index (κ3) is 2.18. The Labute approximate surface area is 146 Å². The normalized spacial score (nSPS) is 44.0. The van der Waals surface area contributed by atoms with Crippen LogP contribution in [-0.2, 0) is 0 Å². The molecule has 3 atom stereocenters. The first-order valence-electron chi connectivity index (χ1n) is 7.48. The summed E-state index contributed by atoms with van der Waals surface area (Å²) in [6.07, 6.45) is 8.67. The quantitative estimate of drug-likeness (QED) is 0.428. The standard InChI is InChI=1S/C16H19Br2ClS/c1-15-4-9-2-10(5-15)7-16(6-9,8-15)13(17)12-3-11(19)14(18)20-12/h3,9-10,13H,2,4-8H2,1H3. The van der Waals surface area contributed by atoms with Gasteiger partial charge in [-0.15, -0.1) is 11.3 Å². The number of thiophene rings is 1. The highest BCUT2D eigenvalue weighted by Gasteiger charge is 2.58. The van der Waals surface area contributed by atoms with E-state index in [1.165, 1.54) is 43.4 Å². The van der Waals surface area contributed by atoms with E-state index in [0.717, 1.165) is 20.6 Å². The van der Waals surface area contributed by atoms with Crippen LogP contribution in [0.5, 0.6) is 0 Å². The SMILES string of the molecule is CC12CC3CC(C1)CC(C(Br)c1cc(Cl)c(Br)s1)(C3)C2. The molecule has 1 aromatic rings. The van der Waals surface area contributed by atoms with Crippen molar-refractivity contribution in [3.05, 3.63) is 19.8 Å². The van der Waals surface area contributed by atoms with Crippen LogP contribution in [0.2, 0.25) is 5.02 Å². The second kappa shape index (κ2) is 4.72. The summed E-state index contributed by atoms with van der Waals surface area (Å²) in [5.74, 6) is 1.94. The molecule has 3 unspecified atom stereocenters. The van der Waals surface area contributed by atoms with Gasteiger partial charge in [-0.1, -0.05) is 34.5 Å². The fourth-order valence-corrected chi connectivity index (χ4v) is 8.70. The molecule has 0 saturated heterocycles. The third-order valence-electron chi connectivity index (χ3n) is 5.85. The van der Waals surface area contributed by atoms with Crippen LogP contribution in [0.25, 0.3) is 0 Å². The minimum absolute atomic E-state index is 0.479. The van der Waals surface area contributed by atoms with Gasteiger partial charge in [-0.2, -0.15) is 0 Å². The van der Waals surface area contributed by atoms with Crippen LogP contribution in [-0.4, -0.2) is 0 Å². The first-order chi connectivity index (χ1) is 9.39. The summed E-state index contributed by atoms with van der Waals surface area (Å²) in [6.45, 7) is 2.54. The molecule has 0 N–H and O–H groups in total. The van der Waals surface area contributed by atoms with E-state index in [1.54, 1.807) is 0 Å². The predicted octanol–water partition coefficient (Wildman–Crippen LogP) is 7.21. The van der Waals surface area contributed by atoms with Crippen LogP contribution in [0.1, 0.15) is 55.2 Å². The second-order valence-corrected chi connectivity index (χ2v) is 11.5. The van der Waals surface area contributed by atoms with E-state index in [1.807, 2.05) is 11.3 Å². The number of halogens is 3. The molecule has 5 rings (SSSR count). The van der Waals surface area contributed by atoms with Crippen molar-refractivity contribution < 1.29 is 0 Å². The minimum atomic E-state index is 0.479. The molecule has 1 heterocycles. The lowest BCUT2D eigenvalue weighted by molar-refractivity contribution is -0.101. The van der Waals surface area contributed by atoms with E-state index >= 15 is 0 Å². The highest BCUT2D eigenvalue weighted by molar-refractivity contribution is 9.11. The van der Waals surface area contributed by atoms with E-state index in [-0.39, 0.29) is 0 Å². The Kier molecular flexibility index (Phi) is 3.43. The summed E-state index contributed by atoms with van der Waals surface area (Å²) in [5.41, 5.74) is 1.08. The van der Waals surface area contributed by atoms with Gasteiger partial charge in [0, 0.05) is 4.88 Å². The van der Waals surface area contributed by atoms with Crippen molar-refractivity contribution in [1.29, 1.82) is 0 Å². The zero-order valence-corrected chi connectivity index (χ0v) is 16.3. The monoisotopic (exact) mass is 436 g/mol. The van der Waals surface area contributed by atoms with Crippen molar-refractivity contribution in [3.63, 3.8) is 0 Å². The number of rotatable bonds is 2. The lowest BCUT2D eigenvalue weighted by atomic mass is 9.44. The fourth-order valence-electron chi connectivity index (χ4n) is 5.88. The molecule has 4 bridgehead atoms. The maximum atomic E-state index is 6.25. The van der Waals surface area contributed by atoms with Gasteiger partial charge in [0.05, 0.1) is 13.6 Å². The van der Waals surface area contributed by atoms with Crippen molar-refractivity contribution in [2.45, 2.75) is 50.3 Å². The average Bonchev–Trinajstić information content (AvgIpc) is 2.65. The molecular formula is C16H19Br2ClS. The molecule has 110 valence electrons. The zero-order valence-electron chi connectivity index (χ0n) is 11.6. The van der Waals surface area contributed by atoms with Gasteiger partial charge in [-0.05, 0) is 83.2 Å². The average molecular weight is 439 g/mol. The summed E-state index contributed by atoms with van der Waals surface area (Å²) in [6, 6.07) is 2.16. The van der Waals surface area contributed by atoms with Crippen molar-refractivity contribution in [2.24, 2.45) is 22.7 Å². The van der Waals surface area contributed by atoms with Gasteiger partial charge in [0.25, 0.3) is 0 Å². The van der Waals surface area contributed by atoms with Gasteiger partial charge in [0.15, 0.2) is 0 Å². The molecule has 1 aromatic heterocycles. The zero-order chi connectivity index (χ0) is 14.1. The molecule has 0 aromatic carbocycles. The molecule has 20 heavy (non-hydrogen) atoms. The van der Waals surface area contributed by atoms with E-state index < -0.39 is 0 Å². The molecule has 0 spiro atoms.